The first-order chi connectivity index (χ1) is 9.17. The van der Waals surface area contributed by atoms with Gasteiger partial charge >= 0.3 is 0 Å². The van der Waals surface area contributed by atoms with Crippen molar-refractivity contribution < 1.29 is 9.90 Å². The Balaban J connectivity index is 2.16. The molecule has 2 heterocycles. The summed E-state index contributed by atoms with van der Waals surface area (Å²) in [5, 5.41) is 12.1. The van der Waals surface area contributed by atoms with Gasteiger partial charge in [-0.3, -0.25) is 9.20 Å². The highest BCUT2D eigenvalue weighted by Gasteiger charge is 2.19. The second kappa shape index (κ2) is 6.08. The molecular weight excluding hydrogens is 262 g/mol. The summed E-state index contributed by atoms with van der Waals surface area (Å²) in [4.78, 5) is 16.4. The van der Waals surface area contributed by atoms with Gasteiger partial charge in [0, 0.05) is 17.5 Å². The van der Waals surface area contributed by atoms with E-state index in [4.69, 9.17) is 0 Å². The van der Waals surface area contributed by atoms with E-state index in [0.29, 0.717) is 5.69 Å². The second-order valence-corrected chi connectivity index (χ2v) is 5.37. The number of pyridine rings is 1. The molecule has 0 saturated heterocycles. The van der Waals surface area contributed by atoms with Crippen LogP contribution < -0.4 is 5.32 Å². The molecule has 2 rings (SSSR count). The molecule has 0 aromatic carbocycles. The number of aliphatic hydroxyl groups is 1. The summed E-state index contributed by atoms with van der Waals surface area (Å²) in [7, 11) is 0. The normalized spacial score (nSPS) is 14.3. The van der Waals surface area contributed by atoms with Crippen LogP contribution in [0.5, 0.6) is 0 Å². The third-order valence-electron chi connectivity index (χ3n) is 3.05. The molecule has 2 aromatic heterocycles. The average Bonchev–Trinajstić information content (AvgIpc) is 2.84. The maximum Gasteiger partial charge on any atom is 0.270 e. The monoisotopic (exact) mass is 279 g/mol. The lowest BCUT2D eigenvalue weighted by Crippen LogP contribution is -2.41. The molecule has 0 aliphatic rings. The molecule has 6 heteroatoms. The van der Waals surface area contributed by atoms with Gasteiger partial charge in [0.25, 0.3) is 5.91 Å². The van der Waals surface area contributed by atoms with Crippen LogP contribution in [0, 0.1) is 0 Å². The summed E-state index contributed by atoms with van der Waals surface area (Å²) in [6.07, 6.45) is 5.28. The zero-order valence-electron chi connectivity index (χ0n) is 10.9. The van der Waals surface area contributed by atoms with Gasteiger partial charge < -0.3 is 10.4 Å². The predicted molar refractivity (Wildman–Crippen MR) is 76.5 cm³/mol. The number of carbonyl (C=O) groups excluding carboxylic acids is 1. The van der Waals surface area contributed by atoms with Crippen molar-refractivity contribution in [1.29, 1.82) is 0 Å². The fourth-order valence-electron chi connectivity index (χ4n) is 1.91. The Morgan fingerprint density at radius 1 is 1.58 bits per heavy atom. The molecule has 2 aromatic rings. The van der Waals surface area contributed by atoms with Crippen LogP contribution in [-0.2, 0) is 0 Å². The highest BCUT2D eigenvalue weighted by atomic mass is 32.2. The van der Waals surface area contributed by atoms with Crippen LogP contribution in [0.15, 0.2) is 30.6 Å². The van der Waals surface area contributed by atoms with E-state index in [-0.39, 0.29) is 23.8 Å². The number of hydrogen-bond acceptors (Lipinski definition) is 4. The number of thioether (sulfide) groups is 1. The minimum Gasteiger partial charge on any atom is -0.395 e. The van der Waals surface area contributed by atoms with E-state index in [1.807, 2.05) is 31.4 Å². The number of rotatable bonds is 5. The minimum atomic E-state index is -0.182. The van der Waals surface area contributed by atoms with Gasteiger partial charge in [0.2, 0.25) is 0 Å². The Hall–Kier alpha value is -1.53. The number of aliphatic hydroxyl groups excluding tert-OH is 1. The van der Waals surface area contributed by atoms with Crippen molar-refractivity contribution in [2.24, 2.45) is 0 Å². The topological polar surface area (TPSA) is 66.6 Å². The van der Waals surface area contributed by atoms with Crippen molar-refractivity contribution >= 4 is 23.3 Å². The molecule has 0 fully saturated rings. The summed E-state index contributed by atoms with van der Waals surface area (Å²) < 4.78 is 1.75. The lowest BCUT2D eigenvalue weighted by Gasteiger charge is -2.21. The first-order valence-corrected chi connectivity index (χ1v) is 7.32. The van der Waals surface area contributed by atoms with Crippen LogP contribution in [0.25, 0.3) is 5.65 Å². The van der Waals surface area contributed by atoms with E-state index in [2.05, 4.69) is 10.3 Å². The summed E-state index contributed by atoms with van der Waals surface area (Å²) in [5.41, 5.74) is 1.24. The first-order valence-electron chi connectivity index (χ1n) is 6.04. The number of nitrogens with zero attached hydrogens (tertiary/aromatic N) is 2. The van der Waals surface area contributed by atoms with Crippen LogP contribution >= 0.6 is 11.8 Å². The van der Waals surface area contributed by atoms with Crippen LogP contribution in [0.4, 0.5) is 0 Å². The molecule has 0 spiro atoms. The molecule has 5 nitrogen and oxygen atoms in total. The summed E-state index contributed by atoms with van der Waals surface area (Å²) in [6, 6.07) is 5.47. The highest BCUT2D eigenvalue weighted by molar-refractivity contribution is 7.99. The van der Waals surface area contributed by atoms with Crippen molar-refractivity contribution in [3.8, 4) is 0 Å². The van der Waals surface area contributed by atoms with Crippen LogP contribution in [0.1, 0.15) is 17.4 Å². The number of carbonyl (C=O) groups is 1. The lowest BCUT2D eigenvalue weighted by atomic mass is 10.2. The molecule has 102 valence electrons. The second-order valence-electron chi connectivity index (χ2n) is 4.29. The predicted octanol–water partition coefficient (Wildman–Crippen LogP) is 1.18. The van der Waals surface area contributed by atoms with Gasteiger partial charge in [-0.25, -0.2) is 4.98 Å². The van der Waals surface area contributed by atoms with E-state index in [1.165, 1.54) is 11.8 Å². The van der Waals surface area contributed by atoms with Gasteiger partial charge in [-0.1, -0.05) is 6.07 Å². The van der Waals surface area contributed by atoms with Gasteiger partial charge in [-0.15, -0.1) is 0 Å². The van der Waals surface area contributed by atoms with Gasteiger partial charge in [0.05, 0.1) is 12.8 Å². The maximum atomic E-state index is 12.2. The third kappa shape index (κ3) is 2.90. The molecule has 1 amide bonds. The van der Waals surface area contributed by atoms with Gasteiger partial charge in [-0.05, 0) is 25.3 Å². The van der Waals surface area contributed by atoms with Gasteiger partial charge in [-0.2, -0.15) is 11.8 Å². The molecule has 2 N–H and O–H groups in total. The Labute approximate surface area is 116 Å². The van der Waals surface area contributed by atoms with Crippen LogP contribution in [0.3, 0.4) is 0 Å². The number of hydrogen-bond donors (Lipinski definition) is 2. The number of imidazole rings is 1. The van der Waals surface area contributed by atoms with Crippen molar-refractivity contribution in [3.63, 3.8) is 0 Å². The summed E-state index contributed by atoms with van der Waals surface area (Å²) in [6.45, 7) is 1.92. The number of amides is 1. The standard InChI is InChI=1S/C13H17N3O2S/c1-9(11(8-17)19-2)15-13(18)10-7-14-12-5-3-4-6-16(10)12/h3-7,9,11,17H,8H2,1-2H3,(H,15,18). The molecule has 0 saturated carbocycles. The van der Waals surface area contributed by atoms with E-state index in [0.717, 1.165) is 5.65 Å². The zero-order chi connectivity index (χ0) is 13.8. The fourth-order valence-corrected chi connectivity index (χ4v) is 2.54. The molecule has 0 aliphatic carbocycles. The van der Waals surface area contributed by atoms with Crippen LogP contribution in [0.2, 0.25) is 0 Å². The van der Waals surface area contributed by atoms with E-state index >= 15 is 0 Å². The zero-order valence-corrected chi connectivity index (χ0v) is 11.7. The largest absolute Gasteiger partial charge is 0.395 e. The lowest BCUT2D eigenvalue weighted by molar-refractivity contribution is 0.0930. The Morgan fingerprint density at radius 2 is 2.37 bits per heavy atom. The molecule has 2 atom stereocenters. The van der Waals surface area contributed by atoms with Gasteiger partial charge in [0.1, 0.15) is 11.3 Å². The van der Waals surface area contributed by atoms with E-state index in [9.17, 15) is 9.90 Å². The maximum absolute atomic E-state index is 12.2. The smallest absolute Gasteiger partial charge is 0.270 e. The summed E-state index contributed by atoms with van der Waals surface area (Å²) in [5.74, 6) is -0.182. The van der Waals surface area contributed by atoms with E-state index in [1.54, 1.807) is 16.8 Å². The van der Waals surface area contributed by atoms with Crippen LogP contribution in [-0.4, -0.2) is 44.6 Å². The van der Waals surface area contributed by atoms with Gasteiger partial charge in [0.15, 0.2) is 0 Å². The Morgan fingerprint density at radius 3 is 3.05 bits per heavy atom. The Kier molecular flexibility index (Phi) is 4.44. The first kappa shape index (κ1) is 13.9. The SMILES string of the molecule is CSC(CO)C(C)NC(=O)c1cnc2ccccn12. The minimum absolute atomic E-state index is 0.0110. The average molecular weight is 279 g/mol. The fraction of sp³-hybridized carbons (Fsp3) is 0.385. The summed E-state index contributed by atoms with van der Waals surface area (Å²) >= 11 is 1.53. The number of fused-ring (bicyclic) bond motifs is 1. The number of nitrogens with one attached hydrogen (secondary N) is 1. The van der Waals surface area contributed by atoms with E-state index < -0.39 is 0 Å². The Bertz CT molecular complexity index is 566. The molecule has 19 heavy (non-hydrogen) atoms. The molecule has 0 aliphatic heterocycles. The van der Waals surface area contributed by atoms with Crippen molar-refractivity contribution in [1.82, 2.24) is 14.7 Å². The highest BCUT2D eigenvalue weighted by Crippen LogP contribution is 2.12. The number of aromatic nitrogens is 2. The molecule has 0 radical (unpaired) electrons. The van der Waals surface area contributed by atoms with Crippen molar-refractivity contribution in [2.45, 2.75) is 18.2 Å². The molecular formula is C13H17N3O2S. The molecule has 0 bridgehead atoms. The molecule has 2 unspecified atom stereocenters. The van der Waals surface area contributed by atoms with Crippen molar-refractivity contribution in [2.75, 3.05) is 12.9 Å². The van der Waals surface area contributed by atoms with Crippen molar-refractivity contribution in [3.05, 3.63) is 36.3 Å². The third-order valence-corrected chi connectivity index (χ3v) is 4.21. The quantitative estimate of drug-likeness (QED) is 0.862.